The molecule has 4 nitrogen and oxygen atoms in total. The summed E-state index contributed by atoms with van der Waals surface area (Å²) in [5, 5.41) is 2.24. The second-order valence-corrected chi connectivity index (χ2v) is 11.7. The lowest BCUT2D eigenvalue weighted by Crippen LogP contribution is -2.41. The van der Waals surface area contributed by atoms with Gasteiger partial charge >= 0.3 is 0 Å². The van der Waals surface area contributed by atoms with E-state index in [1.54, 1.807) is 0 Å². The summed E-state index contributed by atoms with van der Waals surface area (Å²) in [6, 6.07) is 25.1. The summed E-state index contributed by atoms with van der Waals surface area (Å²) in [5.41, 5.74) is 13.8. The maximum Gasteiger partial charge on any atom is 0.0486 e. The molecule has 198 valence electrons. The Morgan fingerprint density at radius 2 is 1.74 bits per heavy atom. The molecule has 0 saturated carbocycles. The van der Waals surface area contributed by atoms with Gasteiger partial charge < -0.3 is 10.3 Å². The molecular weight excluding hydrogens is 488 g/mol. The molecule has 0 radical (unpaired) electrons. The van der Waals surface area contributed by atoms with E-state index in [9.17, 15) is 0 Å². The van der Waals surface area contributed by atoms with Gasteiger partial charge in [0.15, 0.2) is 0 Å². The van der Waals surface area contributed by atoms with E-state index in [0.717, 1.165) is 50.0 Å². The van der Waals surface area contributed by atoms with E-state index in [1.165, 1.54) is 58.2 Å². The van der Waals surface area contributed by atoms with Gasteiger partial charge in [0, 0.05) is 73.0 Å². The molecule has 2 atom stereocenters. The molecule has 2 N–H and O–H groups in total. The quantitative estimate of drug-likeness (QED) is 0.268. The first-order chi connectivity index (χ1) is 18.6. The second kappa shape index (κ2) is 11.2. The van der Waals surface area contributed by atoms with Crippen molar-refractivity contribution in [1.82, 2.24) is 14.4 Å². The molecule has 2 aliphatic rings. The van der Waals surface area contributed by atoms with E-state index in [0.29, 0.717) is 12.6 Å². The van der Waals surface area contributed by atoms with Gasteiger partial charge in [-0.3, -0.25) is 9.80 Å². The zero-order valence-electron chi connectivity index (χ0n) is 22.5. The van der Waals surface area contributed by atoms with Crippen LogP contribution >= 0.6 is 11.6 Å². The van der Waals surface area contributed by atoms with Crippen molar-refractivity contribution >= 4 is 22.5 Å². The van der Waals surface area contributed by atoms with E-state index in [4.69, 9.17) is 17.3 Å². The smallest absolute Gasteiger partial charge is 0.0486 e. The van der Waals surface area contributed by atoms with Crippen LogP contribution in [0.15, 0.2) is 72.9 Å². The number of piperidine rings is 1. The van der Waals surface area contributed by atoms with Gasteiger partial charge in [-0.25, -0.2) is 0 Å². The fraction of sp³-hybridized carbons (Fsp3) is 0.394. The highest BCUT2D eigenvalue weighted by molar-refractivity contribution is 6.31. The van der Waals surface area contributed by atoms with E-state index < -0.39 is 0 Å². The fourth-order valence-electron chi connectivity index (χ4n) is 6.61. The number of aromatic nitrogens is 1. The van der Waals surface area contributed by atoms with E-state index in [2.05, 4.69) is 82.1 Å². The third-order valence-corrected chi connectivity index (χ3v) is 8.93. The van der Waals surface area contributed by atoms with Crippen molar-refractivity contribution in [1.29, 1.82) is 0 Å². The number of benzene rings is 3. The summed E-state index contributed by atoms with van der Waals surface area (Å²) in [5.74, 6) is 0.741. The average Bonchev–Trinajstić information content (AvgIpc) is 3.44. The molecule has 38 heavy (non-hydrogen) atoms. The van der Waals surface area contributed by atoms with Crippen LogP contribution < -0.4 is 5.73 Å². The summed E-state index contributed by atoms with van der Waals surface area (Å²) in [6.45, 7) is 9.32. The van der Waals surface area contributed by atoms with Gasteiger partial charge in [-0.2, -0.15) is 0 Å². The Kier molecular flexibility index (Phi) is 7.58. The Morgan fingerprint density at radius 1 is 0.921 bits per heavy atom. The molecule has 2 unspecified atom stereocenters. The number of rotatable bonds is 9. The van der Waals surface area contributed by atoms with Gasteiger partial charge in [0.2, 0.25) is 0 Å². The van der Waals surface area contributed by atoms with Crippen LogP contribution in [0.25, 0.3) is 22.0 Å². The topological polar surface area (TPSA) is 37.4 Å². The molecule has 4 aromatic rings. The first kappa shape index (κ1) is 25.6. The SMILES string of the molecule is CCc1ccc(-c2cn(CCCN)c3ccc(CN4CC5CC(C4)N(Cc4ccccc4Cl)C5)cc23)cc1. The molecule has 0 amide bonds. The van der Waals surface area contributed by atoms with Crippen LogP contribution in [0.2, 0.25) is 5.02 Å². The minimum absolute atomic E-state index is 0.610. The van der Waals surface area contributed by atoms with Gasteiger partial charge in [-0.15, -0.1) is 0 Å². The molecule has 2 aliphatic heterocycles. The first-order valence-electron chi connectivity index (χ1n) is 14.2. The maximum atomic E-state index is 6.49. The van der Waals surface area contributed by atoms with E-state index in [-0.39, 0.29) is 0 Å². The van der Waals surface area contributed by atoms with Crippen LogP contribution in [0.1, 0.15) is 36.5 Å². The number of likely N-dealkylation sites (tertiary alicyclic amines) is 2. The Morgan fingerprint density at radius 3 is 2.53 bits per heavy atom. The van der Waals surface area contributed by atoms with Crippen molar-refractivity contribution in [2.75, 3.05) is 26.2 Å². The van der Waals surface area contributed by atoms with Gasteiger partial charge in [0.25, 0.3) is 0 Å². The molecule has 0 aliphatic carbocycles. The van der Waals surface area contributed by atoms with Crippen molar-refractivity contribution < 1.29 is 0 Å². The average molecular weight is 527 g/mol. The molecule has 1 aromatic heterocycles. The van der Waals surface area contributed by atoms with Crippen molar-refractivity contribution in [3.05, 3.63) is 94.6 Å². The number of nitrogens with two attached hydrogens (primary N) is 1. The monoisotopic (exact) mass is 526 g/mol. The maximum absolute atomic E-state index is 6.49. The Balaban J connectivity index is 1.22. The van der Waals surface area contributed by atoms with Crippen LogP contribution in [0.5, 0.6) is 0 Å². The summed E-state index contributed by atoms with van der Waals surface area (Å²) in [6.07, 6.45) is 5.69. The van der Waals surface area contributed by atoms with Crippen LogP contribution in [0.4, 0.5) is 0 Å². The number of halogens is 1. The minimum atomic E-state index is 0.610. The molecular formula is C33H39ClN4. The Bertz CT molecular complexity index is 1390. The first-order valence-corrected chi connectivity index (χ1v) is 14.6. The predicted molar refractivity (Wildman–Crippen MR) is 159 cm³/mol. The summed E-state index contributed by atoms with van der Waals surface area (Å²) in [7, 11) is 0. The van der Waals surface area contributed by atoms with Crippen molar-refractivity contribution in [2.24, 2.45) is 11.7 Å². The van der Waals surface area contributed by atoms with E-state index in [1.807, 2.05) is 12.1 Å². The lowest BCUT2D eigenvalue weighted by Gasteiger charge is -2.33. The number of hydrogen-bond donors (Lipinski definition) is 1. The number of hydrogen-bond acceptors (Lipinski definition) is 3. The standard InChI is InChI=1S/C33H39ClN4/c1-2-24-8-11-27(12-9-24)31-23-37(15-5-14-35)33-13-10-25(17-30(31)33)18-36-19-26-16-29(22-36)38(20-26)21-28-6-3-4-7-32(28)34/h3-4,6-13,17,23,26,29H,2,5,14-16,18-22,35H2,1H3. The van der Waals surface area contributed by atoms with Crippen molar-refractivity contribution in [2.45, 2.75) is 51.9 Å². The Labute approximate surface area is 232 Å². The molecule has 5 heteroatoms. The van der Waals surface area contributed by atoms with Gasteiger partial charge in [0.05, 0.1) is 0 Å². The molecule has 3 heterocycles. The zero-order valence-corrected chi connectivity index (χ0v) is 23.2. The number of fused-ring (bicyclic) bond motifs is 3. The third-order valence-electron chi connectivity index (χ3n) is 8.56. The molecule has 3 aromatic carbocycles. The summed E-state index contributed by atoms with van der Waals surface area (Å²) in [4.78, 5) is 5.33. The highest BCUT2D eigenvalue weighted by atomic mass is 35.5. The van der Waals surface area contributed by atoms with Crippen molar-refractivity contribution in [3.63, 3.8) is 0 Å². The molecule has 0 spiro atoms. The Hall–Kier alpha value is -2.63. The molecule has 6 rings (SSSR count). The lowest BCUT2D eigenvalue weighted by molar-refractivity contribution is 0.153. The number of nitrogens with zero attached hydrogens (tertiary/aromatic N) is 3. The highest BCUT2D eigenvalue weighted by Gasteiger charge is 2.38. The minimum Gasteiger partial charge on any atom is -0.347 e. The predicted octanol–water partition coefficient (Wildman–Crippen LogP) is 6.58. The largest absolute Gasteiger partial charge is 0.347 e. The third kappa shape index (κ3) is 5.28. The molecule has 2 bridgehead atoms. The van der Waals surface area contributed by atoms with Crippen LogP contribution in [-0.2, 0) is 26.1 Å². The van der Waals surface area contributed by atoms with Crippen LogP contribution in [0, 0.1) is 5.92 Å². The van der Waals surface area contributed by atoms with Crippen molar-refractivity contribution in [3.8, 4) is 11.1 Å². The summed E-state index contributed by atoms with van der Waals surface area (Å²) >= 11 is 6.49. The van der Waals surface area contributed by atoms with Crippen LogP contribution in [0.3, 0.4) is 0 Å². The molecule has 2 saturated heterocycles. The van der Waals surface area contributed by atoms with E-state index >= 15 is 0 Å². The lowest BCUT2D eigenvalue weighted by atomic mass is 9.98. The zero-order chi connectivity index (χ0) is 26.1. The van der Waals surface area contributed by atoms with Crippen LogP contribution in [-0.4, -0.2) is 46.6 Å². The number of aryl methyl sites for hydroxylation is 2. The second-order valence-electron chi connectivity index (χ2n) is 11.3. The fourth-order valence-corrected chi connectivity index (χ4v) is 6.81. The summed E-state index contributed by atoms with van der Waals surface area (Å²) < 4.78 is 2.39. The van der Waals surface area contributed by atoms with Gasteiger partial charge in [0.1, 0.15) is 0 Å². The molecule has 2 fully saturated rings. The highest BCUT2D eigenvalue weighted by Crippen LogP contribution is 2.35. The van der Waals surface area contributed by atoms with Gasteiger partial charge in [-0.1, -0.05) is 67.1 Å². The van der Waals surface area contributed by atoms with Gasteiger partial charge in [-0.05, 0) is 72.2 Å². The normalized spacial score (nSPS) is 20.0.